The van der Waals surface area contributed by atoms with Crippen molar-refractivity contribution in [2.24, 2.45) is 11.8 Å². The summed E-state index contributed by atoms with van der Waals surface area (Å²) in [5, 5.41) is 11.8. The van der Waals surface area contributed by atoms with Crippen molar-refractivity contribution in [3.05, 3.63) is 146 Å². The minimum absolute atomic E-state index is 0.0518. The van der Waals surface area contributed by atoms with E-state index in [1.165, 1.54) is 12.1 Å². The Balaban J connectivity index is 1.31. The van der Waals surface area contributed by atoms with E-state index in [0.717, 1.165) is 11.0 Å². The molecule has 226 valence electrons. The molecule has 0 aromatic heterocycles. The van der Waals surface area contributed by atoms with Crippen LogP contribution in [0.2, 0.25) is 5.02 Å². The molecule has 0 N–H and O–H groups in total. The Bertz CT molecular complexity index is 1790. The van der Waals surface area contributed by atoms with Gasteiger partial charge in [-0.05, 0) is 39.9 Å². The number of carbonyl (C=O) groups excluding carboxylic acids is 3. The summed E-state index contributed by atoms with van der Waals surface area (Å²) in [6.45, 7) is -0.476. The van der Waals surface area contributed by atoms with Gasteiger partial charge in [-0.1, -0.05) is 90.5 Å². The lowest BCUT2D eigenvalue weighted by Gasteiger charge is -2.54. The first kappa shape index (κ1) is 29.5. The van der Waals surface area contributed by atoms with Crippen LogP contribution in [-0.2, 0) is 41.9 Å². The average Bonchev–Trinajstić information content (AvgIpc) is 3.32. The zero-order valence-electron chi connectivity index (χ0n) is 23.4. The Hall–Kier alpha value is -4.24. The molecule has 0 spiro atoms. The number of halogens is 3. The Morgan fingerprint density at radius 2 is 1.31 bits per heavy atom. The molecule has 4 aliphatic rings. The minimum Gasteiger partial charge on any atom is -0.459 e. The highest BCUT2D eigenvalue weighted by Crippen LogP contribution is 2.69. The van der Waals surface area contributed by atoms with E-state index in [0.29, 0.717) is 27.8 Å². The van der Waals surface area contributed by atoms with Gasteiger partial charge in [0, 0.05) is 17.5 Å². The molecule has 3 atom stereocenters. The van der Waals surface area contributed by atoms with Crippen LogP contribution in [0.4, 0.5) is 5.69 Å². The number of hydrogen-bond acceptors (Lipinski definition) is 6. The van der Waals surface area contributed by atoms with Crippen molar-refractivity contribution in [2.45, 2.75) is 28.8 Å². The maximum atomic E-state index is 14.5. The summed E-state index contributed by atoms with van der Waals surface area (Å²) in [6, 6.07) is 26.0. The molecular formula is C34H23Cl3N2O6. The van der Waals surface area contributed by atoms with Gasteiger partial charge in [0.2, 0.25) is 11.8 Å². The molecular weight excluding hydrogens is 639 g/mol. The molecule has 0 unspecified atom stereocenters. The first-order valence-electron chi connectivity index (χ1n) is 14.2. The Morgan fingerprint density at radius 3 is 1.80 bits per heavy atom. The average molecular weight is 662 g/mol. The van der Waals surface area contributed by atoms with Crippen LogP contribution < -0.4 is 0 Å². The third kappa shape index (κ3) is 4.23. The number of likely N-dealkylation sites (tertiary alicyclic amines) is 1. The lowest BCUT2D eigenvalue weighted by Crippen LogP contribution is -2.57. The van der Waals surface area contributed by atoms with Crippen LogP contribution >= 0.6 is 34.8 Å². The molecule has 1 aliphatic heterocycles. The zero-order valence-corrected chi connectivity index (χ0v) is 25.6. The maximum Gasteiger partial charge on any atom is 0.330 e. The van der Waals surface area contributed by atoms with E-state index in [4.69, 9.17) is 39.5 Å². The second-order valence-electron chi connectivity index (χ2n) is 11.4. The van der Waals surface area contributed by atoms with Crippen LogP contribution in [0.25, 0.3) is 0 Å². The van der Waals surface area contributed by atoms with E-state index in [1.54, 1.807) is 30.3 Å². The number of carbonyl (C=O) groups is 3. The van der Waals surface area contributed by atoms with Gasteiger partial charge in [-0.25, -0.2) is 4.79 Å². The fourth-order valence-electron chi connectivity index (χ4n) is 7.19. The first-order valence-corrected chi connectivity index (χ1v) is 15.3. The number of nitro benzene ring substituents is 1. The quantitative estimate of drug-likeness (QED) is 0.0737. The second kappa shape index (κ2) is 10.7. The molecule has 2 amide bonds. The number of nitrogens with zero attached hydrogens (tertiary/aromatic N) is 2. The van der Waals surface area contributed by atoms with Gasteiger partial charge in [-0.3, -0.25) is 24.6 Å². The number of ether oxygens (including phenoxy) is 1. The number of amides is 2. The number of alkyl halides is 2. The van der Waals surface area contributed by atoms with Crippen molar-refractivity contribution < 1.29 is 24.0 Å². The van der Waals surface area contributed by atoms with Crippen molar-refractivity contribution in [1.82, 2.24) is 4.90 Å². The molecule has 8 nitrogen and oxygen atoms in total. The monoisotopic (exact) mass is 660 g/mol. The number of nitro groups is 1. The molecule has 4 aromatic carbocycles. The highest BCUT2D eigenvalue weighted by molar-refractivity contribution is 6.36. The SMILES string of the molecule is O=C(OCc1ccc(Cl)cc1[N+](=O)[O-])[C@H](Cc1ccccc1)N1C(=O)[C@H]2[C@H](C1=O)C1(Cl)c3ccccc3C2(Cl)c2ccccc21. The number of imide groups is 1. The van der Waals surface area contributed by atoms with Gasteiger partial charge in [0.25, 0.3) is 5.69 Å². The van der Waals surface area contributed by atoms with Gasteiger partial charge in [0.1, 0.15) is 22.4 Å². The topological polar surface area (TPSA) is 107 Å². The van der Waals surface area contributed by atoms with Gasteiger partial charge < -0.3 is 4.74 Å². The molecule has 2 bridgehead atoms. The van der Waals surface area contributed by atoms with Crippen molar-refractivity contribution in [1.29, 1.82) is 0 Å². The fraction of sp³-hybridized carbons (Fsp3) is 0.206. The number of rotatable bonds is 7. The van der Waals surface area contributed by atoms with E-state index in [9.17, 15) is 24.5 Å². The first-order chi connectivity index (χ1) is 21.6. The zero-order chi connectivity index (χ0) is 31.7. The summed E-state index contributed by atoms with van der Waals surface area (Å²) in [5.74, 6) is -4.37. The molecule has 0 radical (unpaired) electrons. The molecule has 4 aromatic rings. The molecule has 0 saturated carbocycles. The van der Waals surface area contributed by atoms with Crippen LogP contribution in [0.5, 0.6) is 0 Å². The summed E-state index contributed by atoms with van der Waals surface area (Å²) in [6.07, 6.45) is -0.0518. The molecule has 1 saturated heterocycles. The summed E-state index contributed by atoms with van der Waals surface area (Å²) in [7, 11) is 0. The highest BCUT2D eigenvalue weighted by atomic mass is 35.5. The van der Waals surface area contributed by atoms with Crippen molar-refractivity contribution in [2.75, 3.05) is 0 Å². The minimum atomic E-state index is -1.42. The van der Waals surface area contributed by atoms with E-state index in [1.807, 2.05) is 48.5 Å². The molecule has 1 heterocycles. The van der Waals surface area contributed by atoms with Gasteiger partial charge in [0.15, 0.2) is 0 Å². The van der Waals surface area contributed by atoms with Crippen LogP contribution in [0.3, 0.4) is 0 Å². The number of esters is 1. The highest BCUT2D eigenvalue weighted by Gasteiger charge is 2.73. The number of benzene rings is 4. The van der Waals surface area contributed by atoms with Crippen LogP contribution in [-0.4, -0.2) is 33.6 Å². The van der Waals surface area contributed by atoms with Crippen molar-refractivity contribution in [3.63, 3.8) is 0 Å². The smallest absolute Gasteiger partial charge is 0.330 e. The largest absolute Gasteiger partial charge is 0.459 e. The molecule has 1 fully saturated rings. The van der Waals surface area contributed by atoms with Crippen LogP contribution in [0, 0.1) is 22.0 Å². The third-order valence-corrected chi connectivity index (χ3v) is 10.6. The van der Waals surface area contributed by atoms with Gasteiger partial charge in [-0.2, -0.15) is 0 Å². The molecule has 45 heavy (non-hydrogen) atoms. The Morgan fingerprint density at radius 1 is 0.822 bits per heavy atom. The standard InChI is InChI=1S/C34H23Cl3N2O6/c35-21-15-14-20(26(17-21)39(43)44)18-45-32(42)27(16-19-8-2-1-3-9-19)38-30(40)28-29(31(38)41)34(37)23-11-5-4-10-22(23)33(28,36)24-12-6-7-13-25(24)34/h1-15,17,27-29H,16,18H2/t27-,28+,29+,33?,34?/m0/s1. The predicted octanol–water partition coefficient (Wildman–Crippen LogP) is 6.50. The third-order valence-electron chi connectivity index (χ3n) is 9.09. The lowest BCUT2D eigenvalue weighted by atomic mass is 9.54. The van der Waals surface area contributed by atoms with Crippen molar-refractivity contribution >= 4 is 58.3 Å². The summed E-state index contributed by atoms with van der Waals surface area (Å²) < 4.78 is 5.60. The van der Waals surface area contributed by atoms with Gasteiger partial charge in [-0.15, -0.1) is 23.2 Å². The summed E-state index contributed by atoms with van der Waals surface area (Å²) in [5.41, 5.74) is 3.01. The van der Waals surface area contributed by atoms with E-state index in [2.05, 4.69) is 0 Å². The van der Waals surface area contributed by atoms with Crippen LogP contribution in [0.1, 0.15) is 33.4 Å². The summed E-state index contributed by atoms with van der Waals surface area (Å²) in [4.78, 5) is 52.1. The maximum absolute atomic E-state index is 14.5. The Kier molecular flexibility index (Phi) is 7.00. The van der Waals surface area contributed by atoms with E-state index < -0.39 is 56.9 Å². The van der Waals surface area contributed by atoms with Crippen molar-refractivity contribution in [3.8, 4) is 0 Å². The van der Waals surface area contributed by atoms with Gasteiger partial charge >= 0.3 is 5.97 Å². The molecule has 11 heteroatoms. The predicted molar refractivity (Wildman–Crippen MR) is 167 cm³/mol. The number of hydrogen-bond donors (Lipinski definition) is 0. The van der Waals surface area contributed by atoms with Crippen LogP contribution in [0.15, 0.2) is 97.1 Å². The van der Waals surface area contributed by atoms with Gasteiger partial charge in [0.05, 0.1) is 22.3 Å². The second-order valence-corrected chi connectivity index (χ2v) is 13.0. The summed E-state index contributed by atoms with van der Waals surface area (Å²) >= 11 is 21.0. The normalized spacial score (nSPS) is 24.9. The molecule has 3 aliphatic carbocycles. The molecule has 8 rings (SSSR count). The van der Waals surface area contributed by atoms with E-state index >= 15 is 0 Å². The Labute approximate surface area is 272 Å². The lowest BCUT2D eigenvalue weighted by molar-refractivity contribution is -0.385. The fourth-order valence-corrected chi connectivity index (χ4v) is 8.45. The van der Waals surface area contributed by atoms with E-state index in [-0.39, 0.29) is 22.7 Å².